The van der Waals surface area contributed by atoms with E-state index >= 15 is 0 Å². The van der Waals surface area contributed by atoms with Gasteiger partial charge in [-0.2, -0.15) is 0 Å². The van der Waals surface area contributed by atoms with Crippen molar-refractivity contribution in [1.29, 1.82) is 0 Å². The van der Waals surface area contributed by atoms with Crippen LogP contribution < -0.4 is 10.6 Å². The van der Waals surface area contributed by atoms with Gasteiger partial charge in [0.05, 0.1) is 6.67 Å². The van der Waals surface area contributed by atoms with Crippen LogP contribution in [0.15, 0.2) is 22.6 Å². The van der Waals surface area contributed by atoms with E-state index in [0.29, 0.717) is 5.89 Å². The number of nitrogens with one attached hydrogen (secondary N) is 2. The van der Waals surface area contributed by atoms with E-state index in [2.05, 4.69) is 15.6 Å². The minimum absolute atomic E-state index is 0.700. The van der Waals surface area contributed by atoms with Crippen molar-refractivity contribution in [3.63, 3.8) is 0 Å². The van der Waals surface area contributed by atoms with Gasteiger partial charge in [-0.25, -0.2) is 4.98 Å². The maximum atomic E-state index is 5.37. The molecule has 4 nitrogen and oxygen atoms in total. The maximum absolute atomic E-state index is 5.37. The SMILES string of the molecule is CNCNc1ccc2oc(C)nc2c1. The van der Waals surface area contributed by atoms with E-state index in [4.69, 9.17) is 4.42 Å². The van der Waals surface area contributed by atoms with Gasteiger partial charge in [-0.05, 0) is 25.2 Å². The molecule has 0 atom stereocenters. The molecule has 0 unspecified atom stereocenters. The van der Waals surface area contributed by atoms with Crippen molar-refractivity contribution in [1.82, 2.24) is 10.3 Å². The molecule has 0 aliphatic heterocycles. The number of benzene rings is 1. The highest BCUT2D eigenvalue weighted by Crippen LogP contribution is 2.19. The predicted molar refractivity (Wildman–Crippen MR) is 56.3 cm³/mol. The minimum atomic E-state index is 0.700. The van der Waals surface area contributed by atoms with Crippen LogP contribution in [0, 0.1) is 6.92 Å². The van der Waals surface area contributed by atoms with Gasteiger partial charge in [0.15, 0.2) is 11.5 Å². The van der Waals surface area contributed by atoms with Crippen molar-refractivity contribution in [2.24, 2.45) is 0 Å². The monoisotopic (exact) mass is 191 g/mol. The number of anilines is 1. The smallest absolute Gasteiger partial charge is 0.192 e. The average Bonchev–Trinajstić information content (AvgIpc) is 2.54. The van der Waals surface area contributed by atoms with Crippen molar-refractivity contribution in [2.75, 3.05) is 19.0 Å². The number of fused-ring (bicyclic) bond motifs is 1. The lowest BCUT2D eigenvalue weighted by Gasteiger charge is -2.03. The maximum Gasteiger partial charge on any atom is 0.192 e. The highest BCUT2D eigenvalue weighted by Gasteiger charge is 2.01. The van der Waals surface area contributed by atoms with Crippen molar-refractivity contribution in [2.45, 2.75) is 6.92 Å². The molecule has 0 aliphatic rings. The van der Waals surface area contributed by atoms with Crippen LogP contribution in [-0.2, 0) is 0 Å². The highest BCUT2D eigenvalue weighted by atomic mass is 16.3. The van der Waals surface area contributed by atoms with Crippen LogP contribution in [0.3, 0.4) is 0 Å². The van der Waals surface area contributed by atoms with Crippen LogP contribution in [0.4, 0.5) is 5.69 Å². The Morgan fingerprint density at radius 3 is 3.07 bits per heavy atom. The highest BCUT2D eigenvalue weighted by molar-refractivity contribution is 5.77. The van der Waals surface area contributed by atoms with Crippen molar-refractivity contribution in [3.05, 3.63) is 24.1 Å². The number of hydrogen-bond acceptors (Lipinski definition) is 4. The summed E-state index contributed by atoms with van der Waals surface area (Å²) in [6.45, 7) is 2.59. The van der Waals surface area contributed by atoms with Crippen LogP contribution >= 0.6 is 0 Å². The summed E-state index contributed by atoms with van der Waals surface area (Å²) in [6, 6.07) is 5.88. The van der Waals surface area contributed by atoms with Gasteiger partial charge in [0, 0.05) is 12.6 Å². The normalized spacial score (nSPS) is 10.7. The Balaban J connectivity index is 2.31. The first-order valence-electron chi connectivity index (χ1n) is 4.55. The number of aromatic nitrogens is 1. The third-order valence-electron chi connectivity index (χ3n) is 1.96. The first-order chi connectivity index (χ1) is 6.79. The molecule has 1 aromatic carbocycles. The molecule has 14 heavy (non-hydrogen) atoms. The quantitative estimate of drug-likeness (QED) is 0.725. The summed E-state index contributed by atoms with van der Waals surface area (Å²) in [5.74, 6) is 0.700. The molecular weight excluding hydrogens is 178 g/mol. The third kappa shape index (κ3) is 1.70. The van der Waals surface area contributed by atoms with Crippen molar-refractivity contribution < 1.29 is 4.42 Å². The molecule has 1 aromatic heterocycles. The van der Waals surface area contributed by atoms with E-state index in [0.717, 1.165) is 23.5 Å². The third-order valence-corrected chi connectivity index (χ3v) is 1.96. The van der Waals surface area contributed by atoms with Gasteiger partial charge in [0.2, 0.25) is 0 Å². The molecule has 0 saturated heterocycles. The lowest BCUT2D eigenvalue weighted by atomic mass is 10.3. The van der Waals surface area contributed by atoms with Crippen LogP contribution in [0.1, 0.15) is 5.89 Å². The number of aryl methyl sites for hydroxylation is 1. The summed E-state index contributed by atoms with van der Waals surface area (Å²) in [7, 11) is 1.89. The predicted octanol–water partition coefficient (Wildman–Crippen LogP) is 1.73. The van der Waals surface area contributed by atoms with Crippen LogP contribution in [0.2, 0.25) is 0 Å². The molecule has 0 spiro atoms. The summed E-state index contributed by atoms with van der Waals surface area (Å²) < 4.78 is 5.37. The number of oxazole rings is 1. The Labute approximate surface area is 82.3 Å². The molecule has 1 heterocycles. The molecule has 4 heteroatoms. The summed E-state index contributed by atoms with van der Waals surface area (Å²) >= 11 is 0. The summed E-state index contributed by atoms with van der Waals surface area (Å²) in [4.78, 5) is 4.25. The molecule has 0 saturated carbocycles. The van der Waals surface area contributed by atoms with E-state index in [9.17, 15) is 0 Å². The largest absolute Gasteiger partial charge is 0.441 e. The molecular formula is C10H13N3O. The van der Waals surface area contributed by atoms with Crippen LogP contribution in [0.5, 0.6) is 0 Å². The first-order valence-corrected chi connectivity index (χ1v) is 4.55. The zero-order chi connectivity index (χ0) is 9.97. The molecule has 0 radical (unpaired) electrons. The second kappa shape index (κ2) is 3.67. The molecule has 0 fully saturated rings. The van der Waals surface area contributed by atoms with Gasteiger partial charge >= 0.3 is 0 Å². The van der Waals surface area contributed by atoms with Gasteiger partial charge < -0.3 is 15.1 Å². The van der Waals surface area contributed by atoms with E-state index in [1.165, 1.54) is 0 Å². The Hall–Kier alpha value is -1.55. The lowest BCUT2D eigenvalue weighted by molar-refractivity contribution is 0.561. The van der Waals surface area contributed by atoms with Crippen molar-refractivity contribution in [3.8, 4) is 0 Å². The van der Waals surface area contributed by atoms with Crippen LogP contribution in [0.25, 0.3) is 11.1 Å². The summed E-state index contributed by atoms with van der Waals surface area (Å²) in [5, 5.41) is 6.22. The molecule has 2 rings (SSSR count). The topological polar surface area (TPSA) is 50.1 Å². The van der Waals surface area contributed by atoms with Gasteiger partial charge in [0.1, 0.15) is 5.52 Å². The van der Waals surface area contributed by atoms with Gasteiger partial charge in [0.25, 0.3) is 0 Å². The fourth-order valence-electron chi connectivity index (χ4n) is 1.34. The van der Waals surface area contributed by atoms with Gasteiger partial charge in [-0.1, -0.05) is 0 Å². The number of nitrogens with zero attached hydrogens (tertiary/aromatic N) is 1. The Kier molecular flexibility index (Phi) is 2.37. The second-order valence-corrected chi connectivity index (χ2v) is 3.12. The Bertz CT molecular complexity index is 436. The Morgan fingerprint density at radius 1 is 1.43 bits per heavy atom. The van der Waals surface area contributed by atoms with Gasteiger partial charge in [-0.15, -0.1) is 0 Å². The Morgan fingerprint density at radius 2 is 2.29 bits per heavy atom. The molecule has 0 amide bonds. The molecule has 0 aliphatic carbocycles. The summed E-state index contributed by atoms with van der Waals surface area (Å²) in [6.07, 6.45) is 0. The fraction of sp³-hybridized carbons (Fsp3) is 0.300. The first kappa shape index (κ1) is 9.02. The zero-order valence-corrected chi connectivity index (χ0v) is 8.29. The minimum Gasteiger partial charge on any atom is -0.441 e. The number of hydrogen-bond donors (Lipinski definition) is 2. The number of rotatable bonds is 3. The summed E-state index contributed by atoms with van der Waals surface area (Å²) in [5.41, 5.74) is 2.77. The fourth-order valence-corrected chi connectivity index (χ4v) is 1.34. The zero-order valence-electron chi connectivity index (χ0n) is 8.29. The van der Waals surface area contributed by atoms with E-state index in [1.807, 2.05) is 32.2 Å². The molecule has 2 aromatic rings. The van der Waals surface area contributed by atoms with Crippen LogP contribution in [-0.4, -0.2) is 18.7 Å². The standard InChI is InChI=1S/C10H13N3O/c1-7-13-9-5-8(12-6-11-2)3-4-10(9)14-7/h3-5,11-12H,6H2,1-2H3. The lowest BCUT2D eigenvalue weighted by Crippen LogP contribution is -2.16. The molecule has 2 N–H and O–H groups in total. The van der Waals surface area contributed by atoms with Gasteiger partial charge in [-0.3, -0.25) is 0 Å². The molecule has 0 bridgehead atoms. The van der Waals surface area contributed by atoms with E-state index in [-0.39, 0.29) is 0 Å². The van der Waals surface area contributed by atoms with E-state index < -0.39 is 0 Å². The van der Waals surface area contributed by atoms with E-state index in [1.54, 1.807) is 0 Å². The average molecular weight is 191 g/mol. The molecule has 74 valence electrons. The van der Waals surface area contributed by atoms with Crippen molar-refractivity contribution >= 4 is 16.8 Å². The second-order valence-electron chi connectivity index (χ2n) is 3.12.